The molecule has 1 atom stereocenters. The third-order valence-corrected chi connectivity index (χ3v) is 6.99. The summed E-state index contributed by atoms with van der Waals surface area (Å²) in [7, 11) is 1.33. The van der Waals surface area contributed by atoms with E-state index in [2.05, 4.69) is 9.98 Å². The number of carbonyl (C=O) groups is 1. The van der Waals surface area contributed by atoms with E-state index in [9.17, 15) is 9.59 Å². The van der Waals surface area contributed by atoms with E-state index in [0.717, 1.165) is 28.5 Å². The predicted molar refractivity (Wildman–Crippen MR) is 136 cm³/mol. The van der Waals surface area contributed by atoms with Gasteiger partial charge in [0.15, 0.2) is 4.80 Å². The number of methoxy groups -OCH3 is 1. The Hall–Kier alpha value is -3.91. The van der Waals surface area contributed by atoms with Gasteiger partial charge in [0.2, 0.25) is 0 Å². The zero-order chi connectivity index (χ0) is 24.5. The molecule has 0 amide bonds. The summed E-state index contributed by atoms with van der Waals surface area (Å²) in [6.07, 6.45) is 4.59. The zero-order valence-corrected chi connectivity index (χ0v) is 20.5. The lowest BCUT2D eigenvalue weighted by Crippen LogP contribution is -2.40. The highest BCUT2D eigenvalue weighted by Gasteiger charge is 2.34. The number of aromatic nitrogens is 2. The summed E-state index contributed by atoms with van der Waals surface area (Å²) in [5, 5.41) is 1.03. The van der Waals surface area contributed by atoms with Crippen molar-refractivity contribution in [2.75, 3.05) is 13.7 Å². The summed E-state index contributed by atoms with van der Waals surface area (Å²) in [4.78, 5) is 35.1. The second kappa shape index (κ2) is 9.38. The fourth-order valence-corrected chi connectivity index (χ4v) is 5.43. The second-order valence-corrected chi connectivity index (χ2v) is 9.26. The van der Waals surface area contributed by atoms with Gasteiger partial charge in [0.25, 0.3) is 5.56 Å². The Bertz CT molecular complexity index is 1640. The van der Waals surface area contributed by atoms with E-state index >= 15 is 0 Å². The van der Waals surface area contributed by atoms with Crippen LogP contribution in [0.4, 0.5) is 0 Å². The van der Waals surface area contributed by atoms with Gasteiger partial charge in [0.1, 0.15) is 11.8 Å². The van der Waals surface area contributed by atoms with Gasteiger partial charge in [-0.15, -0.1) is 0 Å². The number of hydrogen-bond acceptors (Lipinski definition) is 6. The minimum absolute atomic E-state index is 0.219. The molecule has 35 heavy (non-hydrogen) atoms. The topological polar surface area (TPSA) is 85.7 Å². The fraction of sp³-hybridized carbons (Fsp3) is 0.222. The molecule has 1 N–H and O–H groups in total. The van der Waals surface area contributed by atoms with Crippen molar-refractivity contribution < 1.29 is 14.3 Å². The number of benzene rings is 2. The van der Waals surface area contributed by atoms with Crippen molar-refractivity contribution >= 4 is 34.3 Å². The van der Waals surface area contributed by atoms with Crippen molar-refractivity contribution in [1.29, 1.82) is 0 Å². The van der Waals surface area contributed by atoms with Crippen molar-refractivity contribution in [3.63, 3.8) is 0 Å². The van der Waals surface area contributed by atoms with E-state index in [-0.39, 0.29) is 5.56 Å². The Kier molecular flexibility index (Phi) is 6.13. The minimum Gasteiger partial charge on any atom is -0.493 e. The van der Waals surface area contributed by atoms with Crippen LogP contribution in [0.1, 0.15) is 37.4 Å². The van der Waals surface area contributed by atoms with Gasteiger partial charge in [-0.05, 0) is 31.6 Å². The maximum Gasteiger partial charge on any atom is 0.338 e. The summed E-state index contributed by atoms with van der Waals surface area (Å²) in [5.41, 5.74) is 3.25. The van der Waals surface area contributed by atoms with Gasteiger partial charge in [-0.1, -0.05) is 54.7 Å². The number of ether oxygens (including phenoxy) is 2. The van der Waals surface area contributed by atoms with Crippen LogP contribution in [0, 0.1) is 0 Å². The smallest absolute Gasteiger partial charge is 0.338 e. The first kappa shape index (κ1) is 22.9. The van der Waals surface area contributed by atoms with Crippen molar-refractivity contribution in [1.82, 2.24) is 9.55 Å². The second-order valence-electron chi connectivity index (χ2n) is 8.25. The predicted octanol–water partition coefficient (Wildman–Crippen LogP) is 3.68. The third kappa shape index (κ3) is 4.00. The SMILES string of the molecule is CCCOc1ccccc1[C@H]1C(C(=O)OC)=C(C)N=c2s/c(=C/c3c[nH]c4ccccc34)c(=O)n21. The van der Waals surface area contributed by atoms with Crippen LogP contribution in [0.15, 0.2) is 75.8 Å². The van der Waals surface area contributed by atoms with Crippen LogP contribution in [0.25, 0.3) is 17.0 Å². The summed E-state index contributed by atoms with van der Waals surface area (Å²) in [5.74, 6) is 0.106. The number of thiazole rings is 1. The van der Waals surface area contributed by atoms with Gasteiger partial charge < -0.3 is 14.5 Å². The molecule has 0 unspecified atom stereocenters. The molecule has 8 heteroatoms. The lowest BCUT2D eigenvalue weighted by Gasteiger charge is -2.26. The number of H-pyrrole nitrogens is 1. The number of esters is 1. The first-order valence-electron chi connectivity index (χ1n) is 11.4. The molecule has 5 rings (SSSR count). The minimum atomic E-state index is -0.711. The average molecular weight is 488 g/mol. The van der Waals surface area contributed by atoms with Crippen LogP contribution >= 0.6 is 11.3 Å². The van der Waals surface area contributed by atoms with Crippen LogP contribution in [0.2, 0.25) is 0 Å². The van der Waals surface area contributed by atoms with Crippen LogP contribution < -0.4 is 19.6 Å². The van der Waals surface area contributed by atoms with Gasteiger partial charge in [0.05, 0.1) is 29.5 Å². The molecule has 0 fully saturated rings. The maximum absolute atomic E-state index is 13.8. The van der Waals surface area contributed by atoms with Gasteiger partial charge in [-0.3, -0.25) is 9.36 Å². The highest BCUT2D eigenvalue weighted by atomic mass is 32.1. The van der Waals surface area contributed by atoms with E-state index in [1.165, 1.54) is 18.4 Å². The molecular formula is C27H25N3O4S. The number of nitrogens with one attached hydrogen (secondary N) is 1. The standard InChI is InChI=1S/C27H25N3O4S/c1-4-13-34-21-12-8-6-10-19(21)24-23(26(32)33-3)16(2)29-27-30(24)25(31)22(35-27)14-17-15-28-20-11-7-5-9-18(17)20/h5-12,14-15,24,28H,4,13H2,1-3H3/b22-14+/t24-/m0/s1. The first-order chi connectivity index (χ1) is 17.0. The summed E-state index contributed by atoms with van der Waals surface area (Å²) < 4.78 is 13.2. The Morgan fingerprint density at radius 1 is 1.20 bits per heavy atom. The normalized spacial score (nSPS) is 15.7. The van der Waals surface area contributed by atoms with Crippen LogP contribution in [0.5, 0.6) is 5.75 Å². The molecule has 2 aromatic carbocycles. The van der Waals surface area contributed by atoms with Crippen LogP contribution in [-0.4, -0.2) is 29.2 Å². The number of fused-ring (bicyclic) bond motifs is 2. The molecule has 2 aromatic heterocycles. The zero-order valence-electron chi connectivity index (χ0n) is 19.7. The van der Waals surface area contributed by atoms with E-state index in [4.69, 9.17) is 9.47 Å². The number of para-hydroxylation sites is 2. The van der Waals surface area contributed by atoms with E-state index in [1.807, 2.05) is 67.7 Å². The molecule has 3 heterocycles. The van der Waals surface area contributed by atoms with Gasteiger partial charge in [-0.2, -0.15) is 0 Å². The van der Waals surface area contributed by atoms with Gasteiger partial charge in [0, 0.05) is 28.2 Å². The van der Waals surface area contributed by atoms with E-state index < -0.39 is 12.0 Å². The molecule has 0 bridgehead atoms. The highest BCUT2D eigenvalue weighted by molar-refractivity contribution is 7.07. The molecule has 0 saturated carbocycles. The van der Waals surface area contributed by atoms with E-state index in [1.54, 1.807) is 11.5 Å². The average Bonchev–Trinajstić information content (AvgIpc) is 3.42. The maximum atomic E-state index is 13.8. The van der Waals surface area contributed by atoms with Crippen LogP contribution in [0.3, 0.4) is 0 Å². The fourth-order valence-electron chi connectivity index (χ4n) is 4.39. The molecule has 178 valence electrons. The third-order valence-electron chi connectivity index (χ3n) is 6.01. The summed E-state index contributed by atoms with van der Waals surface area (Å²) in [6.45, 7) is 4.32. The number of carbonyl (C=O) groups excluding carboxylic acids is 1. The number of nitrogens with zero attached hydrogens (tertiary/aromatic N) is 2. The molecule has 0 saturated heterocycles. The Labute approximate surface area is 205 Å². The lowest BCUT2D eigenvalue weighted by molar-refractivity contribution is -0.136. The molecule has 0 spiro atoms. The molecule has 1 aliphatic rings. The summed E-state index contributed by atoms with van der Waals surface area (Å²) >= 11 is 1.30. The van der Waals surface area contributed by atoms with Gasteiger partial charge in [-0.25, -0.2) is 9.79 Å². The quantitative estimate of drug-likeness (QED) is 0.421. The Balaban J connectivity index is 1.75. The van der Waals surface area contributed by atoms with Crippen molar-refractivity contribution in [2.45, 2.75) is 26.3 Å². The Morgan fingerprint density at radius 3 is 2.77 bits per heavy atom. The number of hydrogen-bond donors (Lipinski definition) is 1. The number of rotatable bonds is 6. The monoisotopic (exact) mass is 487 g/mol. The summed E-state index contributed by atoms with van der Waals surface area (Å²) in [6, 6.07) is 14.7. The van der Waals surface area contributed by atoms with Crippen molar-refractivity contribution in [3.8, 4) is 5.75 Å². The molecular weight excluding hydrogens is 462 g/mol. The largest absolute Gasteiger partial charge is 0.493 e. The Morgan fingerprint density at radius 2 is 1.97 bits per heavy atom. The number of aromatic amines is 1. The number of allylic oxidation sites excluding steroid dienone is 1. The van der Waals surface area contributed by atoms with E-state index in [0.29, 0.717) is 33.0 Å². The highest BCUT2D eigenvalue weighted by Crippen LogP contribution is 2.35. The first-order valence-corrected chi connectivity index (χ1v) is 12.2. The lowest BCUT2D eigenvalue weighted by atomic mass is 9.95. The van der Waals surface area contributed by atoms with Crippen molar-refractivity contribution in [3.05, 3.63) is 96.8 Å². The van der Waals surface area contributed by atoms with Crippen molar-refractivity contribution in [2.24, 2.45) is 4.99 Å². The molecule has 0 aliphatic carbocycles. The molecule has 0 radical (unpaired) electrons. The molecule has 7 nitrogen and oxygen atoms in total. The molecule has 1 aliphatic heterocycles. The molecule has 4 aromatic rings. The van der Waals surface area contributed by atoms with Crippen LogP contribution in [-0.2, 0) is 9.53 Å². The van der Waals surface area contributed by atoms with Gasteiger partial charge >= 0.3 is 5.97 Å².